The van der Waals surface area contributed by atoms with Gasteiger partial charge in [0.05, 0.1) is 0 Å². The second-order valence-corrected chi connectivity index (χ2v) is 5.83. The van der Waals surface area contributed by atoms with E-state index in [1.807, 2.05) is 12.1 Å². The number of hydrogen-bond acceptors (Lipinski definition) is 2. The highest BCUT2D eigenvalue weighted by Crippen LogP contribution is 2.21. The number of benzene rings is 1. The summed E-state index contributed by atoms with van der Waals surface area (Å²) in [5, 5.41) is 4.32. The van der Waals surface area contributed by atoms with Crippen molar-refractivity contribution in [2.75, 3.05) is 19.6 Å². The molecule has 1 heterocycles. The summed E-state index contributed by atoms with van der Waals surface area (Å²) in [7, 11) is 0. The van der Waals surface area contributed by atoms with Crippen LogP contribution in [0.2, 0.25) is 5.02 Å². The van der Waals surface area contributed by atoms with Crippen LogP contribution >= 0.6 is 11.6 Å². The van der Waals surface area contributed by atoms with E-state index in [0.29, 0.717) is 0 Å². The summed E-state index contributed by atoms with van der Waals surface area (Å²) in [6, 6.07) is 8.18. The SMILES string of the molecule is CC1(C)CNCCCN1Cc1cccc(Cl)c1. The van der Waals surface area contributed by atoms with Gasteiger partial charge < -0.3 is 5.32 Å². The van der Waals surface area contributed by atoms with Gasteiger partial charge in [0.15, 0.2) is 0 Å². The van der Waals surface area contributed by atoms with Crippen LogP contribution in [0.5, 0.6) is 0 Å². The largest absolute Gasteiger partial charge is 0.315 e. The zero-order chi connectivity index (χ0) is 12.3. The zero-order valence-electron chi connectivity index (χ0n) is 10.7. The first kappa shape index (κ1) is 12.9. The van der Waals surface area contributed by atoms with Crippen LogP contribution in [0.4, 0.5) is 0 Å². The molecule has 3 heteroatoms. The van der Waals surface area contributed by atoms with Crippen molar-refractivity contribution in [3.63, 3.8) is 0 Å². The number of nitrogens with zero attached hydrogens (tertiary/aromatic N) is 1. The minimum atomic E-state index is 0.207. The lowest BCUT2D eigenvalue weighted by Crippen LogP contribution is -2.47. The molecular weight excluding hydrogens is 232 g/mol. The molecule has 1 N–H and O–H groups in total. The van der Waals surface area contributed by atoms with E-state index < -0.39 is 0 Å². The predicted octanol–water partition coefficient (Wildman–Crippen LogP) is 2.91. The highest BCUT2D eigenvalue weighted by Gasteiger charge is 2.27. The molecule has 0 aromatic heterocycles. The van der Waals surface area contributed by atoms with E-state index in [0.717, 1.165) is 31.2 Å². The fraction of sp³-hybridized carbons (Fsp3) is 0.571. The van der Waals surface area contributed by atoms with Crippen LogP contribution in [0.25, 0.3) is 0 Å². The lowest BCUT2D eigenvalue weighted by molar-refractivity contribution is 0.125. The van der Waals surface area contributed by atoms with E-state index in [-0.39, 0.29) is 5.54 Å². The van der Waals surface area contributed by atoms with Gasteiger partial charge in [-0.05, 0) is 44.5 Å². The van der Waals surface area contributed by atoms with Gasteiger partial charge in [-0.1, -0.05) is 23.7 Å². The highest BCUT2D eigenvalue weighted by atomic mass is 35.5. The summed E-state index contributed by atoms with van der Waals surface area (Å²) < 4.78 is 0. The van der Waals surface area contributed by atoms with E-state index in [2.05, 4.69) is 36.2 Å². The van der Waals surface area contributed by atoms with Gasteiger partial charge in [-0.25, -0.2) is 0 Å². The normalized spacial score (nSPS) is 21.1. The van der Waals surface area contributed by atoms with Crippen LogP contribution in [0.3, 0.4) is 0 Å². The summed E-state index contributed by atoms with van der Waals surface area (Å²) in [6.07, 6.45) is 1.21. The molecule has 17 heavy (non-hydrogen) atoms. The molecule has 0 radical (unpaired) electrons. The maximum absolute atomic E-state index is 6.03. The van der Waals surface area contributed by atoms with Crippen LogP contribution in [-0.2, 0) is 6.54 Å². The average molecular weight is 253 g/mol. The Morgan fingerprint density at radius 3 is 3.00 bits per heavy atom. The van der Waals surface area contributed by atoms with Crippen LogP contribution in [-0.4, -0.2) is 30.1 Å². The van der Waals surface area contributed by atoms with Crippen molar-refractivity contribution in [1.29, 1.82) is 0 Å². The predicted molar refractivity (Wildman–Crippen MR) is 73.4 cm³/mol. The fourth-order valence-electron chi connectivity index (χ4n) is 2.35. The van der Waals surface area contributed by atoms with E-state index in [4.69, 9.17) is 11.6 Å². The minimum absolute atomic E-state index is 0.207. The van der Waals surface area contributed by atoms with Gasteiger partial charge in [0, 0.05) is 30.2 Å². The van der Waals surface area contributed by atoms with Gasteiger partial charge in [-0.2, -0.15) is 0 Å². The first-order valence-corrected chi connectivity index (χ1v) is 6.66. The molecule has 2 rings (SSSR count). The van der Waals surface area contributed by atoms with Crippen LogP contribution < -0.4 is 5.32 Å². The topological polar surface area (TPSA) is 15.3 Å². The lowest BCUT2D eigenvalue weighted by atomic mass is 10.0. The summed E-state index contributed by atoms with van der Waals surface area (Å²) in [4.78, 5) is 2.54. The van der Waals surface area contributed by atoms with Crippen molar-refractivity contribution in [1.82, 2.24) is 10.2 Å². The highest BCUT2D eigenvalue weighted by molar-refractivity contribution is 6.30. The second kappa shape index (κ2) is 5.38. The third-order valence-corrected chi connectivity index (χ3v) is 3.69. The van der Waals surface area contributed by atoms with Crippen molar-refractivity contribution in [3.8, 4) is 0 Å². The van der Waals surface area contributed by atoms with Crippen molar-refractivity contribution < 1.29 is 0 Å². The van der Waals surface area contributed by atoms with Crippen LogP contribution in [0, 0.1) is 0 Å². The van der Waals surface area contributed by atoms with Gasteiger partial charge in [0.1, 0.15) is 0 Å². The molecule has 94 valence electrons. The molecule has 0 atom stereocenters. The Morgan fingerprint density at radius 1 is 1.41 bits per heavy atom. The van der Waals surface area contributed by atoms with Crippen LogP contribution in [0.1, 0.15) is 25.8 Å². The standard InChI is InChI=1S/C14H21ClN2/c1-14(2)11-16-7-4-8-17(14)10-12-5-3-6-13(15)9-12/h3,5-6,9,16H,4,7-8,10-11H2,1-2H3. The van der Waals surface area contributed by atoms with Crippen molar-refractivity contribution in [2.24, 2.45) is 0 Å². The van der Waals surface area contributed by atoms with Crippen molar-refractivity contribution in [3.05, 3.63) is 34.9 Å². The number of hydrogen-bond donors (Lipinski definition) is 1. The Kier molecular flexibility index (Phi) is 4.08. The molecule has 0 saturated carbocycles. The summed E-state index contributed by atoms with van der Waals surface area (Å²) in [6.45, 7) is 8.90. The number of nitrogens with one attached hydrogen (secondary N) is 1. The minimum Gasteiger partial charge on any atom is -0.315 e. The smallest absolute Gasteiger partial charge is 0.0409 e. The average Bonchev–Trinajstić information content (AvgIpc) is 2.41. The van der Waals surface area contributed by atoms with Crippen molar-refractivity contribution in [2.45, 2.75) is 32.4 Å². The molecule has 1 aliphatic rings. The van der Waals surface area contributed by atoms with Gasteiger partial charge >= 0.3 is 0 Å². The summed E-state index contributed by atoms with van der Waals surface area (Å²) in [5.41, 5.74) is 1.51. The quantitative estimate of drug-likeness (QED) is 0.871. The van der Waals surface area contributed by atoms with Crippen LogP contribution in [0.15, 0.2) is 24.3 Å². The van der Waals surface area contributed by atoms with Gasteiger partial charge in [0.2, 0.25) is 0 Å². The molecule has 1 aromatic rings. The zero-order valence-corrected chi connectivity index (χ0v) is 11.4. The Morgan fingerprint density at radius 2 is 2.24 bits per heavy atom. The molecule has 1 saturated heterocycles. The molecule has 0 unspecified atom stereocenters. The molecular formula is C14H21ClN2. The molecule has 0 spiro atoms. The summed E-state index contributed by atoms with van der Waals surface area (Å²) >= 11 is 6.03. The maximum atomic E-state index is 6.03. The molecule has 2 nitrogen and oxygen atoms in total. The van der Waals surface area contributed by atoms with E-state index in [1.54, 1.807) is 0 Å². The monoisotopic (exact) mass is 252 g/mol. The first-order valence-electron chi connectivity index (χ1n) is 6.28. The second-order valence-electron chi connectivity index (χ2n) is 5.39. The van der Waals surface area contributed by atoms with E-state index in [9.17, 15) is 0 Å². The van der Waals surface area contributed by atoms with Gasteiger partial charge in [0.25, 0.3) is 0 Å². The third-order valence-electron chi connectivity index (χ3n) is 3.46. The van der Waals surface area contributed by atoms with Gasteiger partial charge in [-0.3, -0.25) is 4.90 Å². The van der Waals surface area contributed by atoms with Gasteiger partial charge in [-0.15, -0.1) is 0 Å². The molecule has 1 fully saturated rings. The molecule has 0 aliphatic carbocycles. The molecule has 1 aliphatic heterocycles. The van der Waals surface area contributed by atoms with E-state index in [1.165, 1.54) is 12.0 Å². The fourth-order valence-corrected chi connectivity index (χ4v) is 2.57. The Balaban J connectivity index is 2.10. The van der Waals surface area contributed by atoms with E-state index >= 15 is 0 Å². The summed E-state index contributed by atoms with van der Waals surface area (Å²) in [5.74, 6) is 0. The Bertz CT molecular complexity index is 376. The molecule has 0 amide bonds. The number of rotatable bonds is 2. The third kappa shape index (κ3) is 3.44. The first-order chi connectivity index (χ1) is 8.08. The lowest BCUT2D eigenvalue weighted by Gasteiger charge is -2.37. The Labute approximate surface area is 109 Å². The molecule has 1 aromatic carbocycles. The number of halogens is 1. The van der Waals surface area contributed by atoms with Crippen molar-refractivity contribution >= 4 is 11.6 Å². The molecule has 0 bridgehead atoms. The Hall–Kier alpha value is -0.570. The maximum Gasteiger partial charge on any atom is 0.0409 e.